The zero-order valence-electron chi connectivity index (χ0n) is 15.1. The Bertz CT molecular complexity index is 902. The van der Waals surface area contributed by atoms with Crippen molar-refractivity contribution in [2.45, 2.75) is 13.8 Å². The summed E-state index contributed by atoms with van der Waals surface area (Å²) in [6.07, 6.45) is 0. The molecule has 0 radical (unpaired) electrons. The Morgan fingerprint density at radius 2 is 0.926 bits per heavy atom. The standard InChI is InChI=1S/C22H18O5/c1-13(2)19(23)15-9-5-7-11-17(15)21(25)27-22(26)18-12-8-6-10-16(18)20(24)14(3)4/h5-12H,1,3H2,2,4H3. The van der Waals surface area contributed by atoms with Crippen molar-refractivity contribution < 1.29 is 23.9 Å². The van der Waals surface area contributed by atoms with Crippen LogP contribution in [-0.2, 0) is 4.74 Å². The van der Waals surface area contributed by atoms with E-state index >= 15 is 0 Å². The van der Waals surface area contributed by atoms with E-state index in [0.717, 1.165) is 0 Å². The van der Waals surface area contributed by atoms with Crippen LogP contribution in [0.2, 0.25) is 0 Å². The summed E-state index contributed by atoms with van der Waals surface area (Å²) in [6.45, 7) is 10.2. The molecular weight excluding hydrogens is 344 g/mol. The van der Waals surface area contributed by atoms with Gasteiger partial charge in [0.05, 0.1) is 11.1 Å². The number of benzene rings is 2. The molecule has 0 saturated heterocycles. The highest BCUT2D eigenvalue weighted by molar-refractivity contribution is 6.17. The van der Waals surface area contributed by atoms with E-state index in [9.17, 15) is 19.2 Å². The van der Waals surface area contributed by atoms with Crippen molar-refractivity contribution in [1.29, 1.82) is 0 Å². The van der Waals surface area contributed by atoms with Gasteiger partial charge in [-0.15, -0.1) is 0 Å². The molecule has 0 N–H and O–H groups in total. The van der Waals surface area contributed by atoms with E-state index in [1.165, 1.54) is 38.1 Å². The smallest absolute Gasteiger partial charge is 0.346 e. The molecule has 5 nitrogen and oxygen atoms in total. The maximum atomic E-state index is 12.5. The third-order valence-corrected chi connectivity index (χ3v) is 3.74. The van der Waals surface area contributed by atoms with Gasteiger partial charge in [-0.05, 0) is 37.1 Å². The highest BCUT2D eigenvalue weighted by Crippen LogP contribution is 2.18. The quantitative estimate of drug-likeness (QED) is 0.333. The molecule has 0 aromatic heterocycles. The molecule has 2 aromatic carbocycles. The SMILES string of the molecule is C=C(C)C(=O)c1ccccc1C(=O)OC(=O)c1ccccc1C(=O)C(=C)C. The number of esters is 2. The highest BCUT2D eigenvalue weighted by atomic mass is 16.6. The van der Waals surface area contributed by atoms with Gasteiger partial charge in [-0.2, -0.15) is 0 Å². The molecule has 2 aromatic rings. The molecule has 0 atom stereocenters. The summed E-state index contributed by atoms with van der Waals surface area (Å²) in [4.78, 5) is 49.3. The van der Waals surface area contributed by atoms with E-state index in [-0.39, 0.29) is 33.4 Å². The molecule has 27 heavy (non-hydrogen) atoms. The lowest BCUT2D eigenvalue weighted by atomic mass is 9.99. The molecule has 0 bridgehead atoms. The van der Waals surface area contributed by atoms with Crippen LogP contribution in [-0.4, -0.2) is 23.5 Å². The first-order valence-corrected chi connectivity index (χ1v) is 8.09. The Morgan fingerprint density at radius 3 is 1.22 bits per heavy atom. The van der Waals surface area contributed by atoms with Crippen molar-refractivity contribution in [3.63, 3.8) is 0 Å². The van der Waals surface area contributed by atoms with Gasteiger partial charge in [0.2, 0.25) is 0 Å². The Morgan fingerprint density at radius 1 is 0.630 bits per heavy atom. The summed E-state index contributed by atoms with van der Waals surface area (Å²) in [5, 5.41) is 0. The fourth-order valence-electron chi connectivity index (χ4n) is 2.37. The molecule has 0 unspecified atom stereocenters. The highest BCUT2D eigenvalue weighted by Gasteiger charge is 2.24. The molecule has 0 heterocycles. The van der Waals surface area contributed by atoms with Gasteiger partial charge in [-0.3, -0.25) is 9.59 Å². The molecule has 2 rings (SSSR count). The van der Waals surface area contributed by atoms with Crippen LogP contribution in [0.15, 0.2) is 72.8 Å². The Kier molecular flexibility index (Phi) is 5.98. The predicted octanol–water partition coefficient (Wildman–Crippen LogP) is 4.20. The van der Waals surface area contributed by atoms with Gasteiger partial charge >= 0.3 is 11.9 Å². The summed E-state index contributed by atoms with van der Waals surface area (Å²) >= 11 is 0. The largest absolute Gasteiger partial charge is 0.386 e. The van der Waals surface area contributed by atoms with Crippen LogP contribution in [0, 0.1) is 0 Å². The summed E-state index contributed by atoms with van der Waals surface area (Å²) in [5.74, 6) is -2.81. The zero-order valence-corrected chi connectivity index (χ0v) is 15.1. The van der Waals surface area contributed by atoms with Crippen LogP contribution >= 0.6 is 0 Å². The molecule has 0 amide bonds. The number of carbonyl (C=O) groups excluding carboxylic acids is 4. The second-order valence-corrected chi connectivity index (χ2v) is 5.99. The third-order valence-electron chi connectivity index (χ3n) is 3.74. The van der Waals surface area contributed by atoms with Crippen molar-refractivity contribution in [1.82, 2.24) is 0 Å². The number of hydrogen-bond acceptors (Lipinski definition) is 5. The first-order chi connectivity index (χ1) is 12.7. The van der Waals surface area contributed by atoms with Crippen molar-refractivity contribution in [3.8, 4) is 0 Å². The van der Waals surface area contributed by atoms with Crippen LogP contribution in [0.3, 0.4) is 0 Å². The van der Waals surface area contributed by atoms with Crippen molar-refractivity contribution in [2.24, 2.45) is 0 Å². The Hall–Kier alpha value is -3.60. The van der Waals surface area contributed by atoms with E-state index in [1.807, 2.05) is 0 Å². The molecule has 0 saturated carbocycles. The Balaban J connectivity index is 2.35. The van der Waals surface area contributed by atoms with Crippen LogP contribution in [0.1, 0.15) is 55.3 Å². The lowest BCUT2D eigenvalue weighted by Gasteiger charge is -2.10. The van der Waals surface area contributed by atoms with Gasteiger partial charge in [0.25, 0.3) is 0 Å². The summed E-state index contributed by atoms with van der Waals surface area (Å²) < 4.78 is 4.92. The lowest BCUT2D eigenvalue weighted by Crippen LogP contribution is -2.18. The van der Waals surface area contributed by atoms with Gasteiger partial charge in [0.1, 0.15) is 0 Å². The zero-order chi connectivity index (χ0) is 20.1. The second kappa shape index (κ2) is 8.19. The topological polar surface area (TPSA) is 77.5 Å². The van der Waals surface area contributed by atoms with Gasteiger partial charge in [-0.25, -0.2) is 9.59 Å². The number of ketones is 2. The summed E-state index contributed by atoms with van der Waals surface area (Å²) in [6, 6.07) is 12.0. The van der Waals surface area contributed by atoms with Crippen molar-refractivity contribution >= 4 is 23.5 Å². The summed E-state index contributed by atoms with van der Waals surface area (Å²) in [5.41, 5.74) is 0.575. The fourth-order valence-corrected chi connectivity index (χ4v) is 2.37. The third kappa shape index (κ3) is 4.33. The van der Waals surface area contributed by atoms with Crippen LogP contribution < -0.4 is 0 Å². The maximum absolute atomic E-state index is 12.5. The van der Waals surface area contributed by atoms with E-state index in [0.29, 0.717) is 0 Å². The number of allylic oxidation sites excluding steroid dienone is 2. The van der Waals surface area contributed by atoms with E-state index in [1.54, 1.807) is 24.3 Å². The monoisotopic (exact) mass is 362 g/mol. The maximum Gasteiger partial charge on any atom is 0.346 e. The predicted molar refractivity (Wildman–Crippen MR) is 101 cm³/mol. The molecule has 5 heteroatoms. The van der Waals surface area contributed by atoms with Gasteiger partial charge in [0.15, 0.2) is 11.6 Å². The average molecular weight is 362 g/mol. The molecule has 136 valence electrons. The van der Waals surface area contributed by atoms with Gasteiger partial charge < -0.3 is 4.74 Å². The minimum Gasteiger partial charge on any atom is -0.386 e. The number of hydrogen-bond donors (Lipinski definition) is 0. The van der Waals surface area contributed by atoms with Crippen molar-refractivity contribution in [2.75, 3.05) is 0 Å². The molecule has 0 spiro atoms. The molecular formula is C22H18O5. The average Bonchev–Trinajstić information content (AvgIpc) is 2.66. The lowest BCUT2D eigenvalue weighted by molar-refractivity contribution is 0.0394. The van der Waals surface area contributed by atoms with Gasteiger partial charge in [-0.1, -0.05) is 49.6 Å². The normalized spacial score (nSPS) is 10.0. The Labute approximate surface area is 157 Å². The number of rotatable bonds is 6. The van der Waals surface area contributed by atoms with E-state index in [2.05, 4.69) is 13.2 Å². The van der Waals surface area contributed by atoms with Gasteiger partial charge in [0, 0.05) is 11.1 Å². The first-order valence-electron chi connectivity index (χ1n) is 8.09. The molecule has 0 aliphatic heterocycles. The number of Topliss-reactive ketones (excluding diaryl/α,β-unsaturated/α-hetero) is 2. The van der Waals surface area contributed by atoms with E-state index in [4.69, 9.17) is 4.74 Å². The van der Waals surface area contributed by atoms with E-state index < -0.39 is 23.5 Å². The minimum absolute atomic E-state index is 0.0532. The summed E-state index contributed by atoms with van der Waals surface area (Å²) in [7, 11) is 0. The second-order valence-electron chi connectivity index (χ2n) is 5.99. The minimum atomic E-state index is -0.984. The number of carbonyl (C=O) groups is 4. The molecule has 0 fully saturated rings. The fraction of sp³-hybridized carbons (Fsp3) is 0.0909. The van der Waals surface area contributed by atoms with Crippen LogP contribution in [0.25, 0.3) is 0 Å². The van der Waals surface area contributed by atoms with Crippen LogP contribution in [0.4, 0.5) is 0 Å². The van der Waals surface area contributed by atoms with Crippen LogP contribution in [0.5, 0.6) is 0 Å². The number of ether oxygens (including phenoxy) is 1. The first kappa shape index (κ1) is 19.7. The molecule has 0 aliphatic carbocycles. The van der Waals surface area contributed by atoms with Crippen molar-refractivity contribution in [3.05, 3.63) is 95.1 Å². The molecule has 0 aliphatic rings.